The molecule has 0 aliphatic carbocycles. The molecule has 1 fully saturated rings. The summed E-state index contributed by atoms with van der Waals surface area (Å²) in [7, 11) is 2.23. The first-order valence-corrected chi connectivity index (χ1v) is 6.47. The topological polar surface area (TPSA) is 15.3 Å². The number of nitrogens with one attached hydrogen (secondary N) is 1. The zero-order valence-corrected chi connectivity index (χ0v) is 11.5. The quantitative estimate of drug-likeness (QED) is 0.861. The summed E-state index contributed by atoms with van der Waals surface area (Å²) >= 11 is 0. The van der Waals surface area contributed by atoms with Crippen LogP contribution in [0.15, 0.2) is 24.3 Å². The van der Waals surface area contributed by atoms with Crippen molar-refractivity contribution >= 4 is 0 Å². The van der Waals surface area contributed by atoms with Crippen LogP contribution in [0.4, 0.5) is 0 Å². The molecule has 94 valence electrons. The maximum absolute atomic E-state index is 3.58. The van der Waals surface area contributed by atoms with E-state index in [1.54, 1.807) is 0 Å². The van der Waals surface area contributed by atoms with E-state index in [4.69, 9.17) is 0 Å². The Labute approximate surface area is 105 Å². The summed E-state index contributed by atoms with van der Waals surface area (Å²) in [5, 5.41) is 3.58. The molecule has 0 aromatic heterocycles. The highest BCUT2D eigenvalue weighted by Gasteiger charge is 2.32. The SMILES string of the molecule is Cc1ccc(CN(C)C2CNC(C)(C)C2)cc1. The Hall–Kier alpha value is -0.860. The number of benzene rings is 1. The molecule has 17 heavy (non-hydrogen) atoms. The minimum Gasteiger partial charge on any atom is -0.310 e. The van der Waals surface area contributed by atoms with Crippen LogP contribution in [0.5, 0.6) is 0 Å². The molecular formula is C15H24N2. The van der Waals surface area contributed by atoms with Crippen LogP contribution in [-0.4, -0.2) is 30.1 Å². The molecule has 0 amide bonds. The fraction of sp³-hybridized carbons (Fsp3) is 0.600. The smallest absolute Gasteiger partial charge is 0.0238 e. The lowest BCUT2D eigenvalue weighted by Gasteiger charge is -2.25. The van der Waals surface area contributed by atoms with Crippen LogP contribution in [0.25, 0.3) is 0 Å². The molecule has 2 nitrogen and oxygen atoms in total. The van der Waals surface area contributed by atoms with Crippen LogP contribution < -0.4 is 5.32 Å². The fourth-order valence-corrected chi connectivity index (χ4v) is 2.55. The Morgan fingerprint density at radius 2 is 1.94 bits per heavy atom. The first kappa shape index (κ1) is 12.6. The van der Waals surface area contributed by atoms with Crippen molar-refractivity contribution in [1.29, 1.82) is 0 Å². The largest absolute Gasteiger partial charge is 0.310 e. The molecule has 1 aromatic rings. The van der Waals surface area contributed by atoms with Gasteiger partial charge in [-0.15, -0.1) is 0 Å². The molecule has 1 aromatic carbocycles. The van der Waals surface area contributed by atoms with E-state index >= 15 is 0 Å². The van der Waals surface area contributed by atoms with Crippen LogP contribution in [0, 0.1) is 6.92 Å². The molecule has 1 atom stereocenters. The van der Waals surface area contributed by atoms with Crippen molar-refractivity contribution in [3.05, 3.63) is 35.4 Å². The Bertz CT molecular complexity index is 367. The Kier molecular flexibility index (Phi) is 3.55. The fourth-order valence-electron chi connectivity index (χ4n) is 2.55. The summed E-state index contributed by atoms with van der Waals surface area (Å²) in [4.78, 5) is 2.46. The summed E-state index contributed by atoms with van der Waals surface area (Å²) in [6.07, 6.45) is 1.23. The van der Waals surface area contributed by atoms with Crippen molar-refractivity contribution < 1.29 is 0 Å². The average Bonchev–Trinajstić information content (AvgIpc) is 2.62. The van der Waals surface area contributed by atoms with Gasteiger partial charge >= 0.3 is 0 Å². The lowest BCUT2D eigenvalue weighted by atomic mass is 10.0. The van der Waals surface area contributed by atoms with E-state index in [2.05, 4.69) is 62.3 Å². The average molecular weight is 232 g/mol. The van der Waals surface area contributed by atoms with E-state index in [9.17, 15) is 0 Å². The molecule has 0 bridgehead atoms. The molecule has 1 unspecified atom stereocenters. The third-order valence-electron chi connectivity index (χ3n) is 3.74. The van der Waals surface area contributed by atoms with E-state index in [0.29, 0.717) is 11.6 Å². The Morgan fingerprint density at radius 3 is 2.47 bits per heavy atom. The van der Waals surface area contributed by atoms with Crippen LogP contribution >= 0.6 is 0 Å². The minimum absolute atomic E-state index is 0.298. The van der Waals surface area contributed by atoms with Crippen molar-refractivity contribution in [3.63, 3.8) is 0 Å². The predicted octanol–water partition coefficient (Wildman–Crippen LogP) is 2.57. The van der Waals surface area contributed by atoms with Crippen LogP contribution in [-0.2, 0) is 6.54 Å². The van der Waals surface area contributed by atoms with E-state index in [-0.39, 0.29) is 0 Å². The highest BCUT2D eigenvalue weighted by molar-refractivity contribution is 5.21. The van der Waals surface area contributed by atoms with Gasteiger partial charge in [0.1, 0.15) is 0 Å². The number of hydrogen-bond acceptors (Lipinski definition) is 2. The first-order valence-electron chi connectivity index (χ1n) is 6.47. The Balaban J connectivity index is 1.93. The summed E-state index contributed by atoms with van der Waals surface area (Å²) in [5.74, 6) is 0. The van der Waals surface area contributed by atoms with Crippen LogP contribution in [0.2, 0.25) is 0 Å². The van der Waals surface area contributed by atoms with Crippen molar-refractivity contribution in [2.24, 2.45) is 0 Å². The summed E-state index contributed by atoms with van der Waals surface area (Å²) in [6, 6.07) is 9.52. The van der Waals surface area contributed by atoms with Gasteiger partial charge in [-0.3, -0.25) is 4.90 Å². The van der Waals surface area contributed by atoms with Gasteiger partial charge in [0.15, 0.2) is 0 Å². The van der Waals surface area contributed by atoms with Gasteiger partial charge in [0.25, 0.3) is 0 Å². The normalized spacial score (nSPS) is 23.2. The molecule has 0 radical (unpaired) electrons. The van der Waals surface area contributed by atoms with Crippen molar-refractivity contribution in [2.75, 3.05) is 13.6 Å². The maximum atomic E-state index is 3.58. The number of aryl methyl sites for hydroxylation is 1. The number of likely N-dealkylation sites (N-methyl/N-ethyl adjacent to an activating group) is 1. The molecule has 1 N–H and O–H groups in total. The molecular weight excluding hydrogens is 208 g/mol. The second-order valence-electron chi connectivity index (χ2n) is 6.02. The second kappa shape index (κ2) is 4.79. The molecule has 1 heterocycles. The zero-order chi connectivity index (χ0) is 12.5. The van der Waals surface area contributed by atoms with Gasteiger partial charge in [-0.2, -0.15) is 0 Å². The summed E-state index contributed by atoms with van der Waals surface area (Å²) in [5.41, 5.74) is 3.04. The van der Waals surface area contributed by atoms with Gasteiger partial charge in [0, 0.05) is 24.7 Å². The first-order chi connectivity index (χ1) is 7.96. The molecule has 1 aliphatic rings. The van der Waals surface area contributed by atoms with Crippen molar-refractivity contribution in [1.82, 2.24) is 10.2 Å². The summed E-state index contributed by atoms with van der Waals surface area (Å²) < 4.78 is 0. The predicted molar refractivity (Wildman–Crippen MR) is 73.1 cm³/mol. The molecule has 2 rings (SSSR count). The van der Waals surface area contributed by atoms with E-state index in [1.807, 2.05) is 0 Å². The third kappa shape index (κ3) is 3.30. The maximum Gasteiger partial charge on any atom is 0.0238 e. The van der Waals surface area contributed by atoms with Crippen LogP contribution in [0.3, 0.4) is 0 Å². The Morgan fingerprint density at radius 1 is 1.29 bits per heavy atom. The molecule has 1 saturated heterocycles. The van der Waals surface area contributed by atoms with E-state index in [1.165, 1.54) is 17.5 Å². The van der Waals surface area contributed by atoms with Gasteiger partial charge in [-0.05, 0) is 39.8 Å². The van der Waals surface area contributed by atoms with E-state index in [0.717, 1.165) is 13.1 Å². The third-order valence-corrected chi connectivity index (χ3v) is 3.74. The van der Waals surface area contributed by atoms with Crippen LogP contribution in [0.1, 0.15) is 31.4 Å². The number of nitrogens with zero attached hydrogens (tertiary/aromatic N) is 1. The van der Waals surface area contributed by atoms with Crippen molar-refractivity contribution in [2.45, 2.75) is 45.3 Å². The second-order valence-corrected chi connectivity index (χ2v) is 6.02. The number of rotatable bonds is 3. The minimum atomic E-state index is 0.298. The summed E-state index contributed by atoms with van der Waals surface area (Å²) in [6.45, 7) is 8.86. The van der Waals surface area contributed by atoms with Crippen molar-refractivity contribution in [3.8, 4) is 0 Å². The molecule has 0 saturated carbocycles. The lowest BCUT2D eigenvalue weighted by Crippen LogP contribution is -2.32. The van der Waals surface area contributed by atoms with Gasteiger partial charge < -0.3 is 5.32 Å². The van der Waals surface area contributed by atoms with Gasteiger partial charge in [0.2, 0.25) is 0 Å². The molecule has 0 spiro atoms. The standard InChI is InChI=1S/C15H24N2/c1-12-5-7-13(8-6-12)11-17(4)14-9-15(2,3)16-10-14/h5-8,14,16H,9-11H2,1-4H3. The molecule has 1 aliphatic heterocycles. The highest BCUT2D eigenvalue weighted by Crippen LogP contribution is 2.22. The highest BCUT2D eigenvalue weighted by atomic mass is 15.2. The monoisotopic (exact) mass is 232 g/mol. The van der Waals surface area contributed by atoms with Gasteiger partial charge in [-0.25, -0.2) is 0 Å². The van der Waals surface area contributed by atoms with E-state index < -0.39 is 0 Å². The number of hydrogen-bond donors (Lipinski definition) is 1. The van der Waals surface area contributed by atoms with Gasteiger partial charge in [-0.1, -0.05) is 29.8 Å². The lowest BCUT2D eigenvalue weighted by molar-refractivity contribution is 0.240. The van der Waals surface area contributed by atoms with Gasteiger partial charge in [0.05, 0.1) is 0 Å². The molecule has 2 heteroatoms. The zero-order valence-electron chi connectivity index (χ0n) is 11.5.